The van der Waals surface area contributed by atoms with Crippen LogP contribution in [0.15, 0.2) is 42.6 Å². The molecule has 1 aromatic carbocycles. The summed E-state index contributed by atoms with van der Waals surface area (Å²) in [6.45, 7) is 7.73. The summed E-state index contributed by atoms with van der Waals surface area (Å²) in [5.74, 6) is 0. The number of rotatable bonds is 6. The zero-order valence-electron chi connectivity index (χ0n) is 10.5. The van der Waals surface area contributed by atoms with E-state index in [1.807, 2.05) is 31.2 Å². The highest BCUT2D eigenvalue weighted by atomic mass is 16.5. The second-order valence-electron chi connectivity index (χ2n) is 4.21. The number of nitrogens with one attached hydrogen (secondary N) is 1. The van der Waals surface area contributed by atoms with E-state index < -0.39 is 0 Å². The van der Waals surface area contributed by atoms with Gasteiger partial charge in [0.25, 0.3) is 0 Å². The number of anilines is 1. The van der Waals surface area contributed by atoms with Gasteiger partial charge in [0.2, 0.25) is 0 Å². The van der Waals surface area contributed by atoms with Crippen molar-refractivity contribution in [3.05, 3.63) is 42.6 Å². The molecule has 0 aliphatic carbocycles. The van der Waals surface area contributed by atoms with Crippen molar-refractivity contribution >= 4 is 16.6 Å². The van der Waals surface area contributed by atoms with Crippen LogP contribution in [0.1, 0.15) is 6.92 Å². The Morgan fingerprint density at radius 1 is 1.39 bits per heavy atom. The summed E-state index contributed by atoms with van der Waals surface area (Å²) in [4.78, 5) is 0. The predicted octanol–water partition coefficient (Wildman–Crippen LogP) is 2.63. The predicted molar refractivity (Wildman–Crippen MR) is 73.7 cm³/mol. The second-order valence-corrected chi connectivity index (χ2v) is 4.21. The molecule has 1 heterocycles. The molecule has 0 saturated heterocycles. The first kappa shape index (κ1) is 12.5. The maximum absolute atomic E-state index is 5.43. The highest BCUT2D eigenvalue weighted by Crippen LogP contribution is 2.19. The van der Waals surface area contributed by atoms with E-state index in [-0.39, 0.29) is 0 Å². The number of hydrogen-bond acceptors (Lipinski definition) is 4. The van der Waals surface area contributed by atoms with E-state index in [1.165, 1.54) is 0 Å². The highest BCUT2D eigenvalue weighted by molar-refractivity contribution is 5.90. The van der Waals surface area contributed by atoms with Crippen LogP contribution in [0.3, 0.4) is 0 Å². The molecule has 0 bridgehead atoms. The van der Waals surface area contributed by atoms with E-state index in [0.717, 1.165) is 28.7 Å². The Hall–Kier alpha value is -1.94. The number of benzene rings is 1. The van der Waals surface area contributed by atoms with E-state index in [0.29, 0.717) is 13.2 Å². The van der Waals surface area contributed by atoms with Gasteiger partial charge < -0.3 is 10.1 Å². The van der Waals surface area contributed by atoms with Crippen LogP contribution in [0.2, 0.25) is 0 Å². The molecule has 0 unspecified atom stereocenters. The summed E-state index contributed by atoms with van der Waals surface area (Å²) in [6.07, 6.45) is 1.74. The monoisotopic (exact) mass is 243 g/mol. The third-order valence-electron chi connectivity index (χ3n) is 2.46. The van der Waals surface area contributed by atoms with E-state index in [9.17, 15) is 0 Å². The molecule has 0 aliphatic rings. The molecule has 0 spiro atoms. The van der Waals surface area contributed by atoms with Gasteiger partial charge in [0.05, 0.1) is 30.6 Å². The summed E-state index contributed by atoms with van der Waals surface area (Å²) >= 11 is 0. The molecule has 2 rings (SSSR count). The van der Waals surface area contributed by atoms with Crippen LogP contribution in [-0.2, 0) is 4.74 Å². The lowest BCUT2D eigenvalue weighted by Crippen LogP contribution is -2.10. The Bertz CT molecular complexity index is 534. The number of aromatic nitrogens is 2. The fraction of sp³-hybridized carbons (Fsp3) is 0.286. The maximum atomic E-state index is 5.43. The Kier molecular flexibility index (Phi) is 4.25. The number of hydrogen-bond donors (Lipinski definition) is 1. The summed E-state index contributed by atoms with van der Waals surface area (Å²) in [5, 5.41) is 12.4. The SMILES string of the molecule is C=C(C)COCCNc1cnnc2ccccc12. The zero-order chi connectivity index (χ0) is 12.8. The first-order chi connectivity index (χ1) is 8.77. The molecule has 0 aliphatic heterocycles. The molecule has 0 saturated carbocycles. The number of ether oxygens (including phenoxy) is 1. The van der Waals surface area contributed by atoms with Gasteiger partial charge in [0.1, 0.15) is 0 Å². The van der Waals surface area contributed by atoms with Crippen molar-refractivity contribution in [1.82, 2.24) is 10.2 Å². The van der Waals surface area contributed by atoms with Crippen LogP contribution in [0.5, 0.6) is 0 Å². The minimum atomic E-state index is 0.608. The molecule has 4 heteroatoms. The Morgan fingerprint density at radius 2 is 2.22 bits per heavy atom. The van der Waals surface area contributed by atoms with Gasteiger partial charge in [-0.1, -0.05) is 30.4 Å². The van der Waals surface area contributed by atoms with Crippen LogP contribution < -0.4 is 5.32 Å². The number of fused-ring (bicyclic) bond motifs is 1. The van der Waals surface area contributed by atoms with Gasteiger partial charge in [-0.2, -0.15) is 10.2 Å². The summed E-state index contributed by atoms with van der Waals surface area (Å²) in [6, 6.07) is 7.93. The smallest absolute Gasteiger partial charge is 0.0950 e. The average Bonchev–Trinajstić information content (AvgIpc) is 2.38. The first-order valence-electron chi connectivity index (χ1n) is 5.94. The maximum Gasteiger partial charge on any atom is 0.0950 e. The Balaban J connectivity index is 1.93. The Morgan fingerprint density at radius 3 is 3.06 bits per heavy atom. The number of nitrogens with zero attached hydrogens (tertiary/aromatic N) is 2. The van der Waals surface area contributed by atoms with Crippen LogP contribution >= 0.6 is 0 Å². The molecule has 0 amide bonds. The lowest BCUT2D eigenvalue weighted by molar-refractivity contribution is 0.167. The van der Waals surface area contributed by atoms with Crippen molar-refractivity contribution in [2.24, 2.45) is 0 Å². The lowest BCUT2D eigenvalue weighted by atomic mass is 10.2. The van der Waals surface area contributed by atoms with Crippen molar-refractivity contribution in [2.75, 3.05) is 25.1 Å². The molecular weight excluding hydrogens is 226 g/mol. The summed E-state index contributed by atoms with van der Waals surface area (Å²) in [5.41, 5.74) is 2.91. The molecule has 4 nitrogen and oxygen atoms in total. The molecule has 1 aromatic heterocycles. The third-order valence-corrected chi connectivity index (χ3v) is 2.46. The quantitative estimate of drug-likeness (QED) is 0.626. The molecule has 1 N–H and O–H groups in total. The molecular formula is C14H17N3O. The van der Waals surface area contributed by atoms with Crippen LogP contribution in [0.4, 0.5) is 5.69 Å². The van der Waals surface area contributed by atoms with Gasteiger partial charge >= 0.3 is 0 Å². The third kappa shape index (κ3) is 3.28. The molecule has 0 atom stereocenters. The lowest BCUT2D eigenvalue weighted by Gasteiger charge is -2.09. The van der Waals surface area contributed by atoms with Crippen molar-refractivity contribution < 1.29 is 4.74 Å². The average molecular weight is 243 g/mol. The summed E-state index contributed by atoms with van der Waals surface area (Å²) in [7, 11) is 0. The fourth-order valence-corrected chi connectivity index (χ4v) is 1.65. The highest BCUT2D eigenvalue weighted by Gasteiger charge is 2.00. The second kappa shape index (κ2) is 6.12. The topological polar surface area (TPSA) is 47.0 Å². The fourth-order valence-electron chi connectivity index (χ4n) is 1.65. The van der Waals surface area contributed by atoms with Gasteiger partial charge in [0, 0.05) is 11.9 Å². The van der Waals surface area contributed by atoms with E-state index in [4.69, 9.17) is 4.74 Å². The summed E-state index contributed by atoms with van der Waals surface area (Å²) < 4.78 is 5.43. The van der Waals surface area contributed by atoms with Gasteiger partial charge in [-0.3, -0.25) is 0 Å². The van der Waals surface area contributed by atoms with Crippen LogP contribution in [-0.4, -0.2) is 30.0 Å². The van der Waals surface area contributed by atoms with Crippen molar-refractivity contribution in [1.29, 1.82) is 0 Å². The zero-order valence-corrected chi connectivity index (χ0v) is 10.5. The first-order valence-corrected chi connectivity index (χ1v) is 5.94. The van der Waals surface area contributed by atoms with Crippen LogP contribution in [0, 0.1) is 0 Å². The van der Waals surface area contributed by atoms with Crippen molar-refractivity contribution in [3.8, 4) is 0 Å². The molecule has 0 fully saturated rings. The molecule has 0 radical (unpaired) electrons. The largest absolute Gasteiger partial charge is 0.381 e. The van der Waals surface area contributed by atoms with Gasteiger partial charge in [-0.25, -0.2) is 0 Å². The standard InChI is InChI=1S/C14H17N3O/c1-11(2)10-18-8-7-15-14-9-16-17-13-6-4-3-5-12(13)14/h3-6,9H,1,7-8,10H2,2H3,(H,15,17). The molecule has 94 valence electrons. The minimum absolute atomic E-state index is 0.608. The molecule has 2 aromatic rings. The Labute approximate surface area is 107 Å². The van der Waals surface area contributed by atoms with Gasteiger partial charge in [0.15, 0.2) is 0 Å². The van der Waals surface area contributed by atoms with Gasteiger partial charge in [-0.15, -0.1) is 0 Å². The van der Waals surface area contributed by atoms with Gasteiger partial charge in [-0.05, 0) is 13.0 Å². The van der Waals surface area contributed by atoms with E-state index >= 15 is 0 Å². The minimum Gasteiger partial charge on any atom is -0.381 e. The van der Waals surface area contributed by atoms with Crippen molar-refractivity contribution in [2.45, 2.75) is 6.92 Å². The van der Waals surface area contributed by atoms with E-state index in [2.05, 4.69) is 22.1 Å². The normalized spacial score (nSPS) is 10.5. The van der Waals surface area contributed by atoms with E-state index in [1.54, 1.807) is 6.20 Å². The van der Waals surface area contributed by atoms with Crippen LogP contribution in [0.25, 0.3) is 10.9 Å². The molecule has 18 heavy (non-hydrogen) atoms. The van der Waals surface area contributed by atoms with Crippen molar-refractivity contribution in [3.63, 3.8) is 0 Å².